The number of methoxy groups -OCH3 is 1. The van der Waals surface area contributed by atoms with Crippen molar-refractivity contribution < 1.29 is 4.74 Å². The Balaban J connectivity index is 3.32. The van der Waals surface area contributed by atoms with Gasteiger partial charge in [0.05, 0.1) is 6.61 Å². The van der Waals surface area contributed by atoms with Crippen LogP contribution in [-0.2, 0) is 11.3 Å². The highest BCUT2D eigenvalue weighted by Gasteiger charge is 2.05. The minimum Gasteiger partial charge on any atom is -0.380 e. The van der Waals surface area contributed by atoms with Gasteiger partial charge in [0.15, 0.2) is 0 Å². The Labute approximate surface area is 85.7 Å². The van der Waals surface area contributed by atoms with Crippen molar-refractivity contribution in [3.8, 4) is 0 Å². The van der Waals surface area contributed by atoms with Gasteiger partial charge in [0.1, 0.15) is 0 Å². The predicted octanol–water partition coefficient (Wildman–Crippen LogP) is 3.43. The Kier molecular flexibility index (Phi) is 3.66. The molecule has 0 saturated carbocycles. The van der Waals surface area contributed by atoms with E-state index in [2.05, 4.69) is 32.2 Å². The molecule has 0 unspecified atom stereocenters. The summed E-state index contributed by atoms with van der Waals surface area (Å²) in [6.45, 7) is 10.3. The van der Waals surface area contributed by atoms with Gasteiger partial charge in [-0.25, -0.2) is 0 Å². The summed E-state index contributed by atoms with van der Waals surface area (Å²) in [6.07, 6.45) is 3.73. The molecule has 0 radical (unpaired) electrons. The molecule has 0 amide bonds. The highest BCUT2D eigenvalue weighted by atomic mass is 16.5. The molecule has 0 N–H and O–H groups in total. The van der Waals surface area contributed by atoms with Crippen LogP contribution in [0.15, 0.2) is 25.3 Å². The third-order valence-corrected chi connectivity index (χ3v) is 2.30. The van der Waals surface area contributed by atoms with Gasteiger partial charge in [0.2, 0.25) is 0 Å². The topological polar surface area (TPSA) is 9.23 Å². The van der Waals surface area contributed by atoms with Crippen molar-refractivity contribution >= 4 is 12.2 Å². The number of rotatable bonds is 4. The molecule has 0 aromatic heterocycles. The van der Waals surface area contributed by atoms with E-state index in [1.165, 1.54) is 5.56 Å². The van der Waals surface area contributed by atoms with E-state index >= 15 is 0 Å². The summed E-state index contributed by atoms with van der Waals surface area (Å²) < 4.78 is 5.13. The molecule has 0 heterocycles. The van der Waals surface area contributed by atoms with Crippen LogP contribution in [0.5, 0.6) is 0 Å². The predicted molar refractivity (Wildman–Crippen MR) is 62.1 cm³/mol. The summed E-state index contributed by atoms with van der Waals surface area (Å²) in [5.41, 5.74) is 4.65. The molecule has 1 nitrogen and oxygen atoms in total. The molecule has 0 aliphatic rings. The van der Waals surface area contributed by atoms with Crippen molar-refractivity contribution in [3.63, 3.8) is 0 Å². The van der Waals surface area contributed by atoms with Gasteiger partial charge in [-0.15, -0.1) is 0 Å². The lowest BCUT2D eigenvalue weighted by molar-refractivity contribution is 0.184. The molecule has 0 fully saturated rings. The molecule has 0 atom stereocenters. The van der Waals surface area contributed by atoms with Crippen LogP contribution < -0.4 is 0 Å². The first-order chi connectivity index (χ1) is 6.74. The lowest BCUT2D eigenvalue weighted by atomic mass is 9.97. The van der Waals surface area contributed by atoms with E-state index in [0.717, 1.165) is 16.7 Å². The Bertz CT molecular complexity index is 350. The zero-order valence-electron chi connectivity index (χ0n) is 8.84. The van der Waals surface area contributed by atoms with Gasteiger partial charge in [-0.1, -0.05) is 37.4 Å². The number of aryl methyl sites for hydroxylation is 1. The summed E-state index contributed by atoms with van der Waals surface area (Å²) in [5, 5.41) is 0. The van der Waals surface area contributed by atoms with Crippen LogP contribution >= 0.6 is 0 Å². The molecule has 1 aromatic rings. The normalized spacial score (nSPS) is 9.86. The number of hydrogen-bond donors (Lipinski definition) is 0. The Morgan fingerprint density at radius 3 is 2.36 bits per heavy atom. The second-order valence-electron chi connectivity index (χ2n) is 3.21. The lowest BCUT2D eigenvalue weighted by Crippen LogP contribution is -1.96. The molecule has 1 aromatic carbocycles. The van der Waals surface area contributed by atoms with Gasteiger partial charge in [-0.2, -0.15) is 0 Å². The van der Waals surface area contributed by atoms with Crippen molar-refractivity contribution in [2.75, 3.05) is 7.11 Å². The highest BCUT2D eigenvalue weighted by molar-refractivity contribution is 5.68. The molecule has 1 rings (SSSR count). The van der Waals surface area contributed by atoms with Crippen molar-refractivity contribution in [2.24, 2.45) is 0 Å². The second-order valence-corrected chi connectivity index (χ2v) is 3.21. The lowest BCUT2D eigenvalue weighted by Gasteiger charge is -2.11. The Hall–Kier alpha value is -1.34. The van der Waals surface area contributed by atoms with Crippen LogP contribution in [0.2, 0.25) is 0 Å². The SMILES string of the molecule is C=Cc1c(C)ccc(COC)c1C=C. The molecule has 0 aliphatic heterocycles. The summed E-state index contributed by atoms with van der Waals surface area (Å²) in [7, 11) is 1.69. The molecule has 74 valence electrons. The van der Waals surface area contributed by atoms with Gasteiger partial charge in [0.25, 0.3) is 0 Å². The molecule has 0 saturated heterocycles. The second kappa shape index (κ2) is 4.77. The first kappa shape index (κ1) is 10.7. The van der Waals surface area contributed by atoms with Crippen LogP contribution in [0, 0.1) is 6.92 Å². The van der Waals surface area contributed by atoms with E-state index in [0.29, 0.717) is 6.61 Å². The molecule has 0 aliphatic carbocycles. The minimum absolute atomic E-state index is 0.614. The molecule has 1 heteroatoms. The fourth-order valence-corrected chi connectivity index (χ4v) is 1.58. The highest BCUT2D eigenvalue weighted by Crippen LogP contribution is 2.21. The molecular weight excluding hydrogens is 172 g/mol. The molecule has 0 spiro atoms. The Morgan fingerprint density at radius 1 is 1.21 bits per heavy atom. The summed E-state index contributed by atoms with van der Waals surface area (Å²) in [5.74, 6) is 0. The molecule has 14 heavy (non-hydrogen) atoms. The van der Waals surface area contributed by atoms with E-state index < -0.39 is 0 Å². The van der Waals surface area contributed by atoms with Crippen molar-refractivity contribution in [1.29, 1.82) is 0 Å². The number of hydrogen-bond acceptors (Lipinski definition) is 1. The van der Waals surface area contributed by atoms with Crippen LogP contribution in [-0.4, -0.2) is 7.11 Å². The quantitative estimate of drug-likeness (QED) is 0.703. The number of ether oxygens (including phenoxy) is 1. The third kappa shape index (κ3) is 1.94. The summed E-state index contributed by atoms with van der Waals surface area (Å²) >= 11 is 0. The minimum atomic E-state index is 0.614. The zero-order chi connectivity index (χ0) is 10.6. The number of benzene rings is 1. The first-order valence-electron chi connectivity index (χ1n) is 4.61. The van der Waals surface area contributed by atoms with Gasteiger partial charge in [0, 0.05) is 7.11 Å². The van der Waals surface area contributed by atoms with Gasteiger partial charge < -0.3 is 4.74 Å². The van der Waals surface area contributed by atoms with E-state index in [-0.39, 0.29) is 0 Å². The van der Waals surface area contributed by atoms with E-state index in [4.69, 9.17) is 4.74 Å². The van der Waals surface area contributed by atoms with Gasteiger partial charge in [-0.3, -0.25) is 0 Å². The van der Waals surface area contributed by atoms with E-state index in [1.54, 1.807) is 7.11 Å². The van der Waals surface area contributed by atoms with Crippen molar-refractivity contribution in [3.05, 3.63) is 47.5 Å². The van der Waals surface area contributed by atoms with Gasteiger partial charge >= 0.3 is 0 Å². The third-order valence-electron chi connectivity index (χ3n) is 2.30. The molecule has 0 bridgehead atoms. The Morgan fingerprint density at radius 2 is 1.86 bits per heavy atom. The maximum atomic E-state index is 5.13. The van der Waals surface area contributed by atoms with Crippen LogP contribution in [0.4, 0.5) is 0 Å². The summed E-state index contributed by atoms with van der Waals surface area (Å²) in [6, 6.07) is 4.15. The molecular formula is C13H16O. The van der Waals surface area contributed by atoms with E-state index in [9.17, 15) is 0 Å². The monoisotopic (exact) mass is 188 g/mol. The first-order valence-corrected chi connectivity index (χ1v) is 4.61. The fraction of sp³-hybridized carbons (Fsp3) is 0.231. The van der Waals surface area contributed by atoms with Gasteiger partial charge in [-0.05, 0) is 29.2 Å². The zero-order valence-corrected chi connectivity index (χ0v) is 8.84. The smallest absolute Gasteiger partial charge is 0.0719 e. The fourth-order valence-electron chi connectivity index (χ4n) is 1.58. The maximum absolute atomic E-state index is 5.13. The maximum Gasteiger partial charge on any atom is 0.0719 e. The van der Waals surface area contributed by atoms with Crippen molar-refractivity contribution in [2.45, 2.75) is 13.5 Å². The average Bonchev–Trinajstić information content (AvgIpc) is 2.20. The largest absolute Gasteiger partial charge is 0.380 e. The standard InChI is InChI=1S/C13H16O/c1-5-12-10(3)7-8-11(9-14-4)13(12)6-2/h5-8H,1-2,9H2,3-4H3. The van der Waals surface area contributed by atoms with E-state index in [1.807, 2.05) is 12.2 Å². The van der Waals surface area contributed by atoms with Crippen LogP contribution in [0.3, 0.4) is 0 Å². The summed E-state index contributed by atoms with van der Waals surface area (Å²) in [4.78, 5) is 0. The van der Waals surface area contributed by atoms with Crippen molar-refractivity contribution in [1.82, 2.24) is 0 Å². The van der Waals surface area contributed by atoms with Crippen LogP contribution in [0.25, 0.3) is 12.2 Å². The average molecular weight is 188 g/mol. The van der Waals surface area contributed by atoms with Crippen LogP contribution in [0.1, 0.15) is 22.3 Å².